The van der Waals surface area contributed by atoms with Crippen molar-refractivity contribution in [3.63, 3.8) is 0 Å². The minimum Gasteiger partial charge on any atom is -0.479 e. The largest absolute Gasteiger partial charge is 0.479 e. The molecule has 2 N–H and O–H groups in total. The van der Waals surface area contributed by atoms with Crippen LogP contribution < -0.4 is 0 Å². The molecule has 0 saturated carbocycles. The SMILES string of the molecule is CC(Cc1ccccc1)(N=NC(C)(Cc1ccccc1)C(=O)O)C(=O)O. The van der Waals surface area contributed by atoms with Crippen LogP contribution in [0.25, 0.3) is 0 Å². The normalized spacial score (nSPS) is 15.9. The molecule has 2 aromatic rings. The van der Waals surface area contributed by atoms with Crippen LogP contribution in [0.2, 0.25) is 0 Å². The van der Waals surface area contributed by atoms with Gasteiger partial charge < -0.3 is 10.2 Å². The minimum atomic E-state index is -1.55. The van der Waals surface area contributed by atoms with E-state index in [9.17, 15) is 19.8 Å². The van der Waals surface area contributed by atoms with Gasteiger partial charge in [-0.25, -0.2) is 9.59 Å². The third-order valence-corrected chi connectivity index (χ3v) is 4.20. The van der Waals surface area contributed by atoms with Gasteiger partial charge in [-0.3, -0.25) is 0 Å². The number of carbonyl (C=O) groups is 2. The summed E-state index contributed by atoms with van der Waals surface area (Å²) in [6.07, 6.45) is 0.238. The Labute approximate surface area is 152 Å². The summed E-state index contributed by atoms with van der Waals surface area (Å²) >= 11 is 0. The maximum Gasteiger partial charge on any atom is 0.333 e. The molecule has 0 spiro atoms. The predicted molar refractivity (Wildman–Crippen MR) is 97.2 cm³/mol. The summed E-state index contributed by atoms with van der Waals surface area (Å²) in [7, 11) is 0. The summed E-state index contributed by atoms with van der Waals surface area (Å²) in [5, 5.41) is 27.2. The molecule has 0 amide bonds. The maximum atomic E-state index is 11.8. The summed E-state index contributed by atoms with van der Waals surface area (Å²) in [6, 6.07) is 18.1. The van der Waals surface area contributed by atoms with Crippen molar-refractivity contribution in [3.8, 4) is 0 Å². The summed E-state index contributed by atoms with van der Waals surface area (Å²) in [5.41, 5.74) is -1.52. The van der Waals surface area contributed by atoms with Crippen molar-refractivity contribution in [2.75, 3.05) is 0 Å². The Morgan fingerprint density at radius 1 is 0.731 bits per heavy atom. The van der Waals surface area contributed by atoms with Crippen LogP contribution in [0.5, 0.6) is 0 Å². The minimum absolute atomic E-state index is 0.119. The monoisotopic (exact) mass is 354 g/mol. The first-order valence-corrected chi connectivity index (χ1v) is 8.24. The van der Waals surface area contributed by atoms with Gasteiger partial charge in [-0.15, -0.1) is 0 Å². The number of hydrogen-bond donors (Lipinski definition) is 2. The van der Waals surface area contributed by atoms with E-state index >= 15 is 0 Å². The van der Waals surface area contributed by atoms with Crippen LogP contribution in [-0.2, 0) is 22.4 Å². The van der Waals surface area contributed by atoms with Gasteiger partial charge >= 0.3 is 11.9 Å². The summed E-state index contributed by atoms with van der Waals surface area (Å²) in [4.78, 5) is 23.5. The molecule has 0 saturated heterocycles. The Kier molecular flexibility index (Phi) is 5.87. The molecular formula is C20H22N2O4. The van der Waals surface area contributed by atoms with E-state index in [2.05, 4.69) is 10.2 Å². The highest BCUT2D eigenvalue weighted by atomic mass is 16.4. The van der Waals surface area contributed by atoms with E-state index < -0.39 is 23.0 Å². The van der Waals surface area contributed by atoms with Gasteiger partial charge in [0.1, 0.15) is 0 Å². The van der Waals surface area contributed by atoms with E-state index in [1.807, 2.05) is 36.4 Å². The lowest BCUT2D eigenvalue weighted by molar-refractivity contribution is -0.145. The molecule has 26 heavy (non-hydrogen) atoms. The van der Waals surface area contributed by atoms with Crippen molar-refractivity contribution in [1.29, 1.82) is 0 Å². The van der Waals surface area contributed by atoms with Crippen molar-refractivity contribution < 1.29 is 19.8 Å². The van der Waals surface area contributed by atoms with Crippen LogP contribution in [0.4, 0.5) is 0 Å². The number of carboxylic acids is 2. The fourth-order valence-corrected chi connectivity index (χ4v) is 2.51. The van der Waals surface area contributed by atoms with Crippen molar-refractivity contribution in [1.82, 2.24) is 0 Å². The van der Waals surface area contributed by atoms with Crippen LogP contribution in [0.1, 0.15) is 25.0 Å². The lowest BCUT2D eigenvalue weighted by Gasteiger charge is -2.23. The van der Waals surface area contributed by atoms with E-state index in [1.54, 1.807) is 24.3 Å². The Morgan fingerprint density at radius 2 is 1.04 bits per heavy atom. The number of hydrogen-bond acceptors (Lipinski definition) is 4. The molecule has 2 atom stereocenters. The van der Waals surface area contributed by atoms with Crippen molar-refractivity contribution in [3.05, 3.63) is 71.8 Å². The van der Waals surface area contributed by atoms with Gasteiger partial charge in [0, 0.05) is 12.8 Å². The molecule has 0 aliphatic rings. The molecular weight excluding hydrogens is 332 g/mol. The van der Waals surface area contributed by atoms with Gasteiger partial charge in [0.15, 0.2) is 11.1 Å². The standard InChI is InChI=1S/C20H22N2O4/c1-19(17(23)24,13-15-9-5-3-6-10-15)21-22-20(2,18(25)26)14-16-11-7-4-8-12-16/h3-12H,13-14H2,1-2H3,(H,23,24)(H,25,26). The smallest absolute Gasteiger partial charge is 0.333 e. The van der Waals surface area contributed by atoms with Crippen LogP contribution in [0, 0.1) is 0 Å². The first-order chi connectivity index (χ1) is 12.3. The van der Waals surface area contributed by atoms with Gasteiger partial charge in [-0.2, -0.15) is 10.2 Å². The highest BCUT2D eigenvalue weighted by Crippen LogP contribution is 2.24. The molecule has 136 valence electrons. The maximum absolute atomic E-state index is 11.8. The van der Waals surface area contributed by atoms with Crippen LogP contribution in [0.15, 0.2) is 70.9 Å². The molecule has 0 fully saturated rings. The van der Waals surface area contributed by atoms with E-state index in [-0.39, 0.29) is 12.8 Å². The molecule has 0 bridgehead atoms. The average molecular weight is 354 g/mol. The number of benzene rings is 2. The highest BCUT2D eigenvalue weighted by Gasteiger charge is 2.38. The second-order valence-electron chi connectivity index (χ2n) is 6.68. The Bertz CT molecular complexity index is 724. The van der Waals surface area contributed by atoms with Gasteiger partial charge in [0.25, 0.3) is 0 Å². The predicted octanol–water partition coefficient (Wildman–Crippen LogP) is 3.61. The first kappa shape index (κ1) is 19.3. The zero-order valence-electron chi connectivity index (χ0n) is 14.8. The number of azo groups is 1. The summed E-state index contributed by atoms with van der Waals surface area (Å²) in [5.74, 6) is -2.31. The second-order valence-corrected chi connectivity index (χ2v) is 6.68. The Balaban J connectivity index is 2.30. The van der Waals surface area contributed by atoms with Crippen LogP contribution in [0.3, 0.4) is 0 Å². The molecule has 6 nitrogen and oxygen atoms in total. The number of carboxylic acid groups (broad SMARTS) is 2. The van der Waals surface area contributed by atoms with Gasteiger partial charge in [-0.05, 0) is 25.0 Å². The van der Waals surface area contributed by atoms with Gasteiger partial charge in [0.05, 0.1) is 0 Å². The second kappa shape index (κ2) is 7.91. The van der Waals surface area contributed by atoms with E-state index in [0.29, 0.717) is 0 Å². The van der Waals surface area contributed by atoms with E-state index in [0.717, 1.165) is 11.1 Å². The average Bonchev–Trinajstić information content (AvgIpc) is 2.61. The molecule has 0 aromatic heterocycles. The van der Waals surface area contributed by atoms with Crippen molar-refractivity contribution in [2.24, 2.45) is 10.2 Å². The van der Waals surface area contributed by atoms with Crippen LogP contribution in [-0.4, -0.2) is 33.2 Å². The fraction of sp³-hybridized carbons (Fsp3) is 0.300. The molecule has 0 heterocycles. The van der Waals surface area contributed by atoms with E-state index in [4.69, 9.17) is 0 Å². The molecule has 2 aromatic carbocycles. The molecule has 2 unspecified atom stereocenters. The van der Waals surface area contributed by atoms with Crippen molar-refractivity contribution >= 4 is 11.9 Å². The Hall–Kier alpha value is -3.02. The molecule has 0 aliphatic heterocycles. The zero-order chi connectivity index (χ0) is 19.2. The lowest BCUT2D eigenvalue weighted by atomic mass is 9.92. The van der Waals surface area contributed by atoms with Gasteiger partial charge in [-0.1, -0.05) is 60.7 Å². The quantitative estimate of drug-likeness (QED) is 0.707. The highest BCUT2D eigenvalue weighted by molar-refractivity contribution is 5.80. The van der Waals surface area contributed by atoms with Crippen molar-refractivity contribution in [2.45, 2.75) is 37.8 Å². The Morgan fingerprint density at radius 3 is 1.31 bits per heavy atom. The molecule has 0 aliphatic carbocycles. The molecule has 6 heteroatoms. The van der Waals surface area contributed by atoms with E-state index in [1.165, 1.54) is 13.8 Å². The summed E-state index contributed by atoms with van der Waals surface area (Å²) < 4.78 is 0. The molecule has 0 radical (unpaired) electrons. The number of nitrogens with zero attached hydrogens (tertiary/aromatic N) is 2. The fourth-order valence-electron chi connectivity index (χ4n) is 2.51. The number of aliphatic carboxylic acids is 2. The molecule has 2 rings (SSSR count). The van der Waals surface area contributed by atoms with Crippen LogP contribution >= 0.6 is 0 Å². The lowest BCUT2D eigenvalue weighted by Crippen LogP contribution is -2.39. The third kappa shape index (κ3) is 4.75. The summed E-state index contributed by atoms with van der Waals surface area (Å²) in [6.45, 7) is 2.88. The zero-order valence-corrected chi connectivity index (χ0v) is 14.8. The topological polar surface area (TPSA) is 99.3 Å². The van der Waals surface area contributed by atoms with Gasteiger partial charge in [0.2, 0.25) is 0 Å². The first-order valence-electron chi connectivity index (χ1n) is 8.24. The number of rotatable bonds is 8. The third-order valence-electron chi connectivity index (χ3n) is 4.20.